The predicted octanol–water partition coefficient (Wildman–Crippen LogP) is 1.54. The van der Waals surface area contributed by atoms with Crippen LogP contribution in [0, 0.1) is 12.7 Å². The second-order valence-electron chi connectivity index (χ2n) is 1.98. The number of halogens is 1. The molecular formula is C7H8FNO. The molecule has 0 aromatic carbocycles. The summed E-state index contributed by atoms with van der Waals surface area (Å²) in [6, 6.07) is 1.26. The number of aromatic nitrogens is 1. The zero-order valence-corrected chi connectivity index (χ0v) is 5.89. The van der Waals surface area contributed by atoms with Crippen LogP contribution in [0.1, 0.15) is 5.56 Å². The molecule has 10 heavy (non-hydrogen) atoms. The number of methoxy groups -OCH3 is 1. The normalized spacial score (nSPS) is 9.50. The SMILES string of the molecule is COc1cc(F)c(C)cn1. The molecule has 0 saturated carbocycles. The molecule has 0 atom stereocenters. The third-order valence-corrected chi connectivity index (χ3v) is 1.22. The fourth-order valence-electron chi connectivity index (χ4n) is 0.593. The van der Waals surface area contributed by atoms with E-state index in [9.17, 15) is 4.39 Å². The van der Waals surface area contributed by atoms with Crippen LogP contribution in [0.15, 0.2) is 12.3 Å². The molecule has 0 spiro atoms. The summed E-state index contributed by atoms with van der Waals surface area (Å²) in [7, 11) is 1.46. The van der Waals surface area contributed by atoms with Gasteiger partial charge in [0.25, 0.3) is 0 Å². The van der Waals surface area contributed by atoms with Crippen molar-refractivity contribution in [3.8, 4) is 5.88 Å². The van der Waals surface area contributed by atoms with Crippen LogP contribution < -0.4 is 4.74 Å². The third-order valence-electron chi connectivity index (χ3n) is 1.22. The number of hydrogen-bond donors (Lipinski definition) is 0. The quantitative estimate of drug-likeness (QED) is 0.591. The number of ether oxygens (including phenoxy) is 1. The van der Waals surface area contributed by atoms with E-state index in [4.69, 9.17) is 4.74 Å². The van der Waals surface area contributed by atoms with Crippen LogP contribution in [0.3, 0.4) is 0 Å². The standard InChI is InChI=1S/C7H8FNO/c1-5-4-9-7(10-2)3-6(5)8/h3-4H,1-2H3. The first-order chi connectivity index (χ1) is 4.74. The number of pyridine rings is 1. The average molecular weight is 141 g/mol. The lowest BCUT2D eigenvalue weighted by molar-refractivity contribution is 0.393. The van der Waals surface area contributed by atoms with Gasteiger partial charge < -0.3 is 4.74 Å². The highest BCUT2D eigenvalue weighted by atomic mass is 19.1. The minimum absolute atomic E-state index is 0.285. The fourth-order valence-corrected chi connectivity index (χ4v) is 0.593. The van der Waals surface area contributed by atoms with E-state index in [1.54, 1.807) is 6.92 Å². The Morgan fingerprint density at radius 2 is 2.30 bits per heavy atom. The molecule has 1 aromatic rings. The average Bonchev–Trinajstić information content (AvgIpc) is 1.95. The first-order valence-corrected chi connectivity index (χ1v) is 2.90. The number of aryl methyl sites for hydroxylation is 1. The van der Waals surface area contributed by atoms with Crippen molar-refractivity contribution in [2.45, 2.75) is 6.92 Å². The van der Waals surface area contributed by atoms with Crippen molar-refractivity contribution < 1.29 is 9.13 Å². The van der Waals surface area contributed by atoms with E-state index in [0.717, 1.165) is 0 Å². The summed E-state index contributed by atoms with van der Waals surface area (Å²) in [4.78, 5) is 3.80. The molecule has 3 heteroatoms. The van der Waals surface area contributed by atoms with Crippen LogP contribution in [0.4, 0.5) is 4.39 Å². The van der Waals surface area contributed by atoms with Gasteiger partial charge >= 0.3 is 0 Å². The molecular weight excluding hydrogens is 133 g/mol. The van der Waals surface area contributed by atoms with Gasteiger partial charge in [-0.1, -0.05) is 0 Å². The highest BCUT2D eigenvalue weighted by Gasteiger charge is 1.98. The van der Waals surface area contributed by atoms with E-state index in [-0.39, 0.29) is 5.82 Å². The molecule has 0 radical (unpaired) electrons. The molecule has 0 aliphatic heterocycles. The van der Waals surface area contributed by atoms with Crippen LogP contribution in [-0.2, 0) is 0 Å². The van der Waals surface area contributed by atoms with E-state index >= 15 is 0 Å². The Hall–Kier alpha value is -1.12. The Morgan fingerprint density at radius 3 is 2.80 bits per heavy atom. The zero-order valence-electron chi connectivity index (χ0n) is 5.89. The highest BCUT2D eigenvalue weighted by Crippen LogP contribution is 2.10. The van der Waals surface area contributed by atoms with Crippen molar-refractivity contribution >= 4 is 0 Å². The summed E-state index contributed by atoms with van der Waals surface area (Å²) in [5, 5.41) is 0. The molecule has 2 nitrogen and oxygen atoms in total. The topological polar surface area (TPSA) is 22.1 Å². The van der Waals surface area contributed by atoms with Crippen LogP contribution in [0.5, 0.6) is 5.88 Å². The molecule has 1 heterocycles. The second kappa shape index (κ2) is 2.64. The summed E-state index contributed by atoms with van der Waals surface area (Å²) in [5.41, 5.74) is 0.529. The Balaban J connectivity index is 3.04. The van der Waals surface area contributed by atoms with E-state index in [1.807, 2.05) is 0 Å². The first kappa shape index (κ1) is 6.99. The number of hydrogen-bond acceptors (Lipinski definition) is 2. The van der Waals surface area contributed by atoms with Crippen LogP contribution in [0.2, 0.25) is 0 Å². The summed E-state index contributed by atoms with van der Waals surface area (Å²) >= 11 is 0. The monoisotopic (exact) mass is 141 g/mol. The van der Waals surface area contributed by atoms with Crippen LogP contribution >= 0.6 is 0 Å². The van der Waals surface area contributed by atoms with E-state index in [2.05, 4.69) is 4.98 Å². The van der Waals surface area contributed by atoms with Gasteiger partial charge in [0.05, 0.1) is 7.11 Å². The molecule has 0 fully saturated rings. The van der Waals surface area contributed by atoms with Gasteiger partial charge in [-0.3, -0.25) is 0 Å². The number of nitrogens with zero attached hydrogens (tertiary/aromatic N) is 1. The second-order valence-corrected chi connectivity index (χ2v) is 1.98. The van der Waals surface area contributed by atoms with Gasteiger partial charge in [0.1, 0.15) is 5.82 Å². The summed E-state index contributed by atoms with van der Waals surface area (Å²) in [6.45, 7) is 1.65. The van der Waals surface area contributed by atoms with Crippen molar-refractivity contribution in [2.75, 3.05) is 7.11 Å². The van der Waals surface area contributed by atoms with Gasteiger partial charge in [-0.15, -0.1) is 0 Å². The Kier molecular flexibility index (Phi) is 1.85. The number of rotatable bonds is 1. The molecule has 0 N–H and O–H groups in total. The van der Waals surface area contributed by atoms with Crippen molar-refractivity contribution in [3.63, 3.8) is 0 Å². The molecule has 1 aromatic heterocycles. The van der Waals surface area contributed by atoms with Gasteiger partial charge in [-0.2, -0.15) is 0 Å². The van der Waals surface area contributed by atoms with Gasteiger partial charge in [-0.25, -0.2) is 9.37 Å². The Labute approximate surface area is 58.7 Å². The summed E-state index contributed by atoms with van der Waals surface area (Å²) in [6.07, 6.45) is 1.44. The lowest BCUT2D eigenvalue weighted by atomic mass is 10.3. The van der Waals surface area contributed by atoms with E-state index < -0.39 is 0 Å². The molecule has 0 amide bonds. The van der Waals surface area contributed by atoms with Crippen LogP contribution in [0.25, 0.3) is 0 Å². The van der Waals surface area contributed by atoms with E-state index in [0.29, 0.717) is 11.4 Å². The molecule has 0 saturated heterocycles. The lowest BCUT2D eigenvalue weighted by Crippen LogP contribution is -1.90. The smallest absolute Gasteiger partial charge is 0.215 e. The van der Waals surface area contributed by atoms with Crippen molar-refractivity contribution in [3.05, 3.63) is 23.6 Å². The van der Waals surface area contributed by atoms with Gasteiger partial charge in [-0.05, 0) is 6.92 Å². The lowest BCUT2D eigenvalue weighted by Gasteiger charge is -1.98. The maximum absolute atomic E-state index is 12.6. The largest absolute Gasteiger partial charge is 0.481 e. The molecule has 0 unspecified atom stereocenters. The molecule has 54 valence electrons. The van der Waals surface area contributed by atoms with Crippen molar-refractivity contribution in [1.29, 1.82) is 0 Å². The van der Waals surface area contributed by atoms with Gasteiger partial charge in [0, 0.05) is 17.8 Å². The van der Waals surface area contributed by atoms with Crippen molar-refractivity contribution in [2.24, 2.45) is 0 Å². The first-order valence-electron chi connectivity index (χ1n) is 2.90. The van der Waals surface area contributed by atoms with Gasteiger partial charge in [0.2, 0.25) is 5.88 Å². The summed E-state index contributed by atoms with van der Waals surface area (Å²) < 4.78 is 17.3. The molecule has 0 aliphatic rings. The van der Waals surface area contributed by atoms with Crippen molar-refractivity contribution in [1.82, 2.24) is 4.98 Å². The highest BCUT2D eigenvalue weighted by molar-refractivity contribution is 5.18. The predicted molar refractivity (Wildman–Crippen MR) is 35.5 cm³/mol. The van der Waals surface area contributed by atoms with Crippen LogP contribution in [-0.4, -0.2) is 12.1 Å². The molecule has 0 bridgehead atoms. The maximum atomic E-state index is 12.6. The zero-order chi connectivity index (χ0) is 7.56. The maximum Gasteiger partial charge on any atom is 0.215 e. The summed E-state index contributed by atoms with van der Waals surface area (Å²) in [5.74, 6) is 0.0231. The van der Waals surface area contributed by atoms with Gasteiger partial charge in [0.15, 0.2) is 0 Å². The Bertz CT molecular complexity index is 237. The minimum Gasteiger partial charge on any atom is -0.481 e. The van der Waals surface area contributed by atoms with E-state index in [1.165, 1.54) is 19.4 Å². The molecule has 0 aliphatic carbocycles. The Morgan fingerprint density at radius 1 is 1.60 bits per heavy atom. The minimum atomic E-state index is -0.285. The fraction of sp³-hybridized carbons (Fsp3) is 0.286. The molecule has 1 rings (SSSR count). The third kappa shape index (κ3) is 1.23.